The van der Waals surface area contributed by atoms with Crippen LogP contribution in [0, 0.1) is 0 Å². The minimum atomic E-state index is -0.208. The standard InChI is InChI=1S/C11H11IO2S/c1-2-5-14-11(13)6-3-4-7(15)9-8(6)10(9)12/h3-4,10,15H,2,5H2,1H3. The van der Waals surface area contributed by atoms with E-state index >= 15 is 0 Å². The highest BCUT2D eigenvalue weighted by Gasteiger charge is 2.37. The fourth-order valence-corrected chi connectivity index (χ4v) is 3.27. The number of hydrogen-bond acceptors (Lipinski definition) is 3. The first-order chi connectivity index (χ1) is 7.16. The molecule has 0 aromatic heterocycles. The van der Waals surface area contributed by atoms with E-state index in [1.165, 1.54) is 5.56 Å². The monoisotopic (exact) mass is 334 g/mol. The van der Waals surface area contributed by atoms with Crippen LogP contribution in [0.25, 0.3) is 0 Å². The lowest BCUT2D eigenvalue weighted by molar-refractivity contribution is 0.0505. The fourth-order valence-electron chi connectivity index (χ4n) is 1.54. The molecule has 1 aromatic rings. The maximum Gasteiger partial charge on any atom is 0.338 e. The summed E-state index contributed by atoms with van der Waals surface area (Å²) in [5.74, 6) is -0.208. The van der Waals surface area contributed by atoms with Crippen LogP contribution < -0.4 is 0 Å². The van der Waals surface area contributed by atoms with Crippen molar-refractivity contribution in [3.8, 4) is 0 Å². The zero-order chi connectivity index (χ0) is 11.0. The van der Waals surface area contributed by atoms with Crippen molar-refractivity contribution >= 4 is 41.2 Å². The quantitative estimate of drug-likeness (QED) is 0.397. The van der Waals surface area contributed by atoms with Gasteiger partial charge in [-0.25, -0.2) is 4.79 Å². The van der Waals surface area contributed by atoms with Gasteiger partial charge in [-0.15, -0.1) is 12.6 Å². The van der Waals surface area contributed by atoms with E-state index in [0.29, 0.717) is 16.1 Å². The molecular weight excluding hydrogens is 323 g/mol. The summed E-state index contributed by atoms with van der Waals surface area (Å²) in [5, 5.41) is 0. The summed E-state index contributed by atoms with van der Waals surface area (Å²) in [7, 11) is 0. The van der Waals surface area contributed by atoms with Crippen molar-refractivity contribution in [2.45, 2.75) is 22.2 Å². The largest absolute Gasteiger partial charge is 0.462 e. The van der Waals surface area contributed by atoms with E-state index in [1.807, 2.05) is 13.0 Å². The second kappa shape index (κ2) is 4.33. The summed E-state index contributed by atoms with van der Waals surface area (Å²) in [6.45, 7) is 2.47. The van der Waals surface area contributed by atoms with E-state index in [1.54, 1.807) is 6.07 Å². The highest BCUT2D eigenvalue weighted by molar-refractivity contribution is 14.1. The minimum Gasteiger partial charge on any atom is -0.462 e. The van der Waals surface area contributed by atoms with Gasteiger partial charge in [-0.1, -0.05) is 29.5 Å². The highest BCUT2D eigenvalue weighted by atomic mass is 127. The lowest BCUT2D eigenvalue weighted by atomic mass is 10.2. The van der Waals surface area contributed by atoms with Crippen molar-refractivity contribution < 1.29 is 9.53 Å². The molecule has 0 bridgehead atoms. The van der Waals surface area contributed by atoms with Crippen molar-refractivity contribution in [1.29, 1.82) is 0 Å². The Labute approximate surface area is 108 Å². The predicted octanol–water partition coefficient (Wildman–Crippen LogP) is 3.38. The van der Waals surface area contributed by atoms with Crippen molar-refractivity contribution in [3.05, 3.63) is 28.8 Å². The Morgan fingerprint density at radius 3 is 2.93 bits per heavy atom. The number of carbonyl (C=O) groups excluding carboxylic acids is 1. The van der Waals surface area contributed by atoms with Crippen LogP contribution >= 0.6 is 35.2 Å². The molecule has 2 rings (SSSR count). The topological polar surface area (TPSA) is 26.3 Å². The van der Waals surface area contributed by atoms with Gasteiger partial charge in [-0.05, 0) is 29.7 Å². The number of rotatable bonds is 3. The zero-order valence-corrected chi connectivity index (χ0v) is 11.3. The number of ether oxygens (including phenoxy) is 1. The van der Waals surface area contributed by atoms with E-state index in [2.05, 4.69) is 35.2 Å². The molecule has 1 atom stereocenters. The normalized spacial score (nSPS) is 17.1. The van der Waals surface area contributed by atoms with Gasteiger partial charge in [0.05, 0.1) is 16.1 Å². The van der Waals surface area contributed by atoms with Crippen LogP contribution in [0.15, 0.2) is 17.0 Å². The maximum atomic E-state index is 11.7. The molecule has 0 N–H and O–H groups in total. The third-order valence-corrected chi connectivity index (χ3v) is 3.98. The smallest absolute Gasteiger partial charge is 0.338 e. The summed E-state index contributed by atoms with van der Waals surface area (Å²) in [6.07, 6.45) is 0.853. The van der Waals surface area contributed by atoms with E-state index < -0.39 is 0 Å². The van der Waals surface area contributed by atoms with Crippen LogP contribution in [0.1, 0.15) is 38.8 Å². The van der Waals surface area contributed by atoms with E-state index in [0.717, 1.165) is 16.9 Å². The molecule has 15 heavy (non-hydrogen) atoms. The van der Waals surface area contributed by atoms with Crippen LogP contribution in [-0.4, -0.2) is 12.6 Å². The molecule has 1 aliphatic carbocycles. The van der Waals surface area contributed by atoms with Gasteiger partial charge < -0.3 is 4.74 Å². The van der Waals surface area contributed by atoms with Crippen molar-refractivity contribution in [1.82, 2.24) is 0 Å². The number of hydrogen-bond donors (Lipinski definition) is 1. The lowest BCUT2D eigenvalue weighted by Crippen LogP contribution is -2.05. The molecule has 0 saturated carbocycles. The van der Waals surface area contributed by atoms with Gasteiger partial charge >= 0.3 is 5.97 Å². The molecule has 2 nitrogen and oxygen atoms in total. The van der Waals surface area contributed by atoms with Crippen LogP contribution in [0.2, 0.25) is 0 Å². The first-order valence-corrected chi connectivity index (χ1v) is 6.53. The summed E-state index contributed by atoms with van der Waals surface area (Å²) in [6, 6.07) is 3.67. The molecule has 0 aliphatic heterocycles. The van der Waals surface area contributed by atoms with Gasteiger partial charge in [-0.3, -0.25) is 0 Å². The predicted molar refractivity (Wildman–Crippen MR) is 70.1 cm³/mol. The molecule has 1 aliphatic rings. The molecule has 1 unspecified atom stereocenters. The van der Waals surface area contributed by atoms with Gasteiger partial charge in [-0.2, -0.15) is 0 Å². The molecule has 0 fully saturated rings. The van der Waals surface area contributed by atoms with Gasteiger partial charge in [0, 0.05) is 4.90 Å². The molecule has 0 saturated heterocycles. The van der Waals surface area contributed by atoms with Gasteiger partial charge in [0.25, 0.3) is 0 Å². The second-order valence-corrected chi connectivity index (χ2v) is 5.19. The Morgan fingerprint density at radius 2 is 2.27 bits per heavy atom. The molecule has 0 amide bonds. The Kier molecular flexibility index (Phi) is 3.25. The van der Waals surface area contributed by atoms with E-state index in [9.17, 15) is 4.79 Å². The minimum absolute atomic E-state index is 0.208. The number of halogens is 1. The molecular formula is C11H11IO2S. The number of esters is 1. The lowest BCUT2D eigenvalue weighted by Gasteiger charge is -2.02. The van der Waals surface area contributed by atoms with E-state index in [-0.39, 0.29) is 5.97 Å². The van der Waals surface area contributed by atoms with Crippen LogP contribution in [-0.2, 0) is 4.74 Å². The van der Waals surface area contributed by atoms with Crippen LogP contribution in [0.5, 0.6) is 0 Å². The number of carbonyl (C=O) groups is 1. The molecule has 0 radical (unpaired) electrons. The van der Waals surface area contributed by atoms with Crippen molar-refractivity contribution in [2.75, 3.05) is 6.61 Å². The SMILES string of the molecule is CCCOC(=O)c1ccc(S)c2c1C2I. The van der Waals surface area contributed by atoms with Gasteiger partial charge in [0.2, 0.25) is 0 Å². The average molecular weight is 334 g/mol. The molecule has 0 spiro atoms. The first kappa shape index (κ1) is 11.3. The third kappa shape index (κ3) is 2.01. The summed E-state index contributed by atoms with van der Waals surface area (Å²) < 4.78 is 5.45. The summed E-state index contributed by atoms with van der Waals surface area (Å²) in [4.78, 5) is 12.6. The Balaban J connectivity index is 2.22. The summed E-state index contributed by atoms with van der Waals surface area (Å²) >= 11 is 6.65. The number of thiol groups is 1. The number of alkyl halides is 1. The molecule has 80 valence electrons. The fraction of sp³-hybridized carbons (Fsp3) is 0.364. The highest BCUT2D eigenvalue weighted by Crippen LogP contribution is 2.53. The molecule has 1 aromatic carbocycles. The first-order valence-electron chi connectivity index (χ1n) is 4.83. The van der Waals surface area contributed by atoms with E-state index in [4.69, 9.17) is 4.74 Å². The van der Waals surface area contributed by atoms with Crippen LogP contribution in [0.4, 0.5) is 0 Å². The van der Waals surface area contributed by atoms with Crippen molar-refractivity contribution in [3.63, 3.8) is 0 Å². The van der Waals surface area contributed by atoms with Crippen LogP contribution in [0.3, 0.4) is 0 Å². The Bertz CT molecular complexity index is 417. The molecule has 0 heterocycles. The Morgan fingerprint density at radius 1 is 1.53 bits per heavy atom. The van der Waals surface area contributed by atoms with Crippen molar-refractivity contribution in [2.24, 2.45) is 0 Å². The average Bonchev–Trinajstić information content (AvgIpc) is 2.89. The Hall–Kier alpha value is -0.230. The van der Waals surface area contributed by atoms with Gasteiger partial charge in [0.15, 0.2) is 0 Å². The summed E-state index contributed by atoms with van der Waals surface area (Å²) in [5.41, 5.74) is 2.99. The third-order valence-electron chi connectivity index (χ3n) is 2.34. The van der Waals surface area contributed by atoms with Gasteiger partial charge in [0.1, 0.15) is 0 Å². The number of fused-ring (bicyclic) bond motifs is 1. The maximum absolute atomic E-state index is 11.7. The molecule has 4 heteroatoms. The number of benzene rings is 1. The second-order valence-electron chi connectivity index (χ2n) is 3.46. The zero-order valence-electron chi connectivity index (χ0n) is 8.29.